The first-order valence-electron chi connectivity index (χ1n) is 6.68. The minimum absolute atomic E-state index is 0.0982. The Bertz CT molecular complexity index is 763. The summed E-state index contributed by atoms with van der Waals surface area (Å²) in [5.41, 5.74) is 5.63. The number of thioether (sulfide) groups is 1. The summed E-state index contributed by atoms with van der Waals surface area (Å²) in [7, 11) is 0. The van der Waals surface area contributed by atoms with E-state index in [0.29, 0.717) is 19.8 Å². The van der Waals surface area contributed by atoms with Gasteiger partial charge >= 0.3 is 5.97 Å². The largest absolute Gasteiger partial charge is 0.451 e. The van der Waals surface area contributed by atoms with E-state index in [9.17, 15) is 14.4 Å². The fourth-order valence-corrected chi connectivity index (χ4v) is 3.34. The highest BCUT2D eigenvalue weighted by atomic mass is 35.5. The zero-order chi connectivity index (χ0) is 17.5. The molecule has 3 N–H and O–H groups in total. The summed E-state index contributed by atoms with van der Waals surface area (Å²) in [5.74, 6) is -1.46. The molecule has 0 unspecified atom stereocenters. The van der Waals surface area contributed by atoms with E-state index in [0.717, 1.165) is 11.3 Å². The molecular formula is C15H13ClN2O4S2. The number of carbonyl (C=O) groups excluding carboxylic acids is 3. The average molecular weight is 385 g/mol. The Kier molecular flexibility index (Phi) is 6.65. The van der Waals surface area contributed by atoms with Crippen LogP contribution < -0.4 is 11.1 Å². The van der Waals surface area contributed by atoms with Crippen LogP contribution in [-0.4, -0.2) is 30.1 Å². The number of nitrogens with one attached hydrogen (secondary N) is 1. The zero-order valence-electron chi connectivity index (χ0n) is 12.3. The molecule has 2 aromatic rings. The lowest BCUT2D eigenvalue weighted by atomic mass is 10.3. The van der Waals surface area contributed by atoms with Crippen molar-refractivity contribution in [2.24, 2.45) is 5.73 Å². The van der Waals surface area contributed by atoms with Gasteiger partial charge in [0.05, 0.1) is 15.8 Å². The lowest BCUT2D eigenvalue weighted by Crippen LogP contribution is -2.21. The number of halogens is 1. The minimum Gasteiger partial charge on any atom is -0.451 e. The van der Waals surface area contributed by atoms with E-state index in [4.69, 9.17) is 22.1 Å². The van der Waals surface area contributed by atoms with Crippen molar-refractivity contribution in [3.05, 3.63) is 45.6 Å². The molecule has 1 heterocycles. The highest BCUT2D eigenvalue weighted by Gasteiger charge is 2.13. The van der Waals surface area contributed by atoms with Crippen molar-refractivity contribution in [3.63, 3.8) is 0 Å². The smallest absolute Gasteiger partial charge is 0.348 e. The molecule has 0 aliphatic heterocycles. The van der Waals surface area contributed by atoms with Gasteiger partial charge in [-0.3, -0.25) is 9.59 Å². The quantitative estimate of drug-likeness (QED) is 0.565. The molecule has 0 aliphatic carbocycles. The molecular weight excluding hydrogens is 372 g/mol. The van der Waals surface area contributed by atoms with Crippen molar-refractivity contribution in [2.75, 3.05) is 17.7 Å². The number of esters is 1. The molecule has 0 spiro atoms. The Morgan fingerprint density at radius 2 is 1.96 bits per heavy atom. The molecule has 1 aromatic carbocycles. The summed E-state index contributed by atoms with van der Waals surface area (Å²) in [6.45, 7) is -0.427. The maximum absolute atomic E-state index is 11.9. The van der Waals surface area contributed by atoms with Crippen LogP contribution >= 0.6 is 34.7 Å². The molecule has 1 aromatic heterocycles. The van der Waals surface area contributed by atoms with Gasteiger partial charge in [-0.25, -0.2) is 4.79 Å². The predicted octanol–water partition coefficient (Wildman–Crippen LogP) is 2.77. The number of hydrogen-bond acceptors (Lipinski definition) is 6. The molecule has 0 aliphatic rings. The summed E-state index contributed by atoms with van der Waals surface area (Å²) in [4.78, 5) is 35.6. The Labute approximate surface area is 151 Å². The van der Waals surface area contributed by atoms with Crippen LogP contribution in [0.2, 0.25) is 4.34 Å². The van der Waals surface area contributed by atoms with Gasteiger partial charge in [0.2, 0.25) is 5.91 Å². The Morgan fingerprint density at radius 3 is 2.62 bits per heavy atom. The van der Waals surface area contributed by atoms with Gasteiger partial charge < -0.3 is 15.8 Å². The highest BCUT2D eigenvalue weighted by Crippen LogP contribution is 2.26. The standard InChI is InChI=1S/C15H13ClN2O4S2/c16-12-6-5-11(24-12)15(21)22-7-14(20)18-9-3-1-2-4-10(9)23-8-13(17)19/h1-6H,7-8H2,(H2,17,19)(H,18,20). The van der Waals surface area contributed by atoms with Crippen molar-refractivity contribution < 1.29 is 19.1 Å². The first-order valence-corrected chi connectivity index (χ1v) is 8.86. The van der Waals surface area contributed by atoms with Gasteiger partial charge in [0.15, 0.2) is 6.61 Å². The summed E-state index contributed by atoms with van der Waals surface area (Å²) in [5, 5.41) is 2.63. The average Bonchev–Trinajstić information content (AvgIpc) is 2.98. The second-order valence-electron chi connectivity index (χ2n) is 4.48. The van der Waals surface area contributed by atoms with Crippen LogP contribution in [0.1, 0.15) is 9.67 Å². The number of ether oxygens (including phenoxy) is 1. The first kappa shape index (κ1) is 18.3. The normalized spacial score (nSPS) is 10.2. The fourth-order valence-electron chi connectivity index (χ4n) is 1.66. The second-order valence-corrected chi connectivity index (χ2v) is 7.21. The molecule has 9 heteroatoms. The third-order valence-corrected chi connectivity index (χ3v) is 4.95. The third-order valence-electron chi connectivity index (χ3n) is 2.64. The molecule has 0 fully saturated rings. The number of carbonyl (C=O) groups is 3. The first-order chi connectivity index (χ1) is 11.5. The number of nitrogens with two attached hydrogens (primary N) is 1. The number of anilines is 1. The predicted molar refractivity (Wildman–Crippen MR) is 94.6 cm³/mol. The molecule has 2 rings (SSSR count). The monoisotopic (exact) mass is 384 g/mol. The molecule has 0 radical (unpaired) electrons. The van der Waals surface area contributed by atoms with Crippen LogP contribution in [0.25, 0.3) is 0 Å². The van der Waals surface area contributed by atoms with E-state index in [2.05, 4.69) is 5.32 Å². The summed E-state index contributed by atoms with van der Waals surface area (Å²) in [6.07, 6.45) is 0. The van der Waals surface area contributed by atoms with Crippen molar-refractivity contribution in [1.29, 1.82) is 0 Å². The third kappa shape index (κ3) is 5.55. The Morgan fingerprint density at radius 1 is 1.21 bits per heavy atom. The molecule has 0 saturated carbocycles. The number of amides is 2. The highest BCUT2D eigenvalue weighted by molar-refractivity contribution is 8.00. The topological polar surface area (TPSA) is 98.5 Å². The number of benzene rings is 1. The van der Waals surface area contributed by atoms with E-state index in [1.54, 1.807) is 30.3 Å². The van der Waals surface area contributed by atoms with Crippen molar-refractivity contribution in [2.45, 2.75) is 4.90 Å². The van der Waals surface area contributed by atoms with Gasteiger partial charge in [-0.05, 0) is 24.3 Å². The van der Waals surface area contributed by atoms with Gasteiger partial charge in [-0.1, -0.05) is 23.7 Å². The molecule has 0 atom stereocenters. The van der Waals surface area contributed by atoms with Gasteiger partial charge in [0.1, 0.15) is 4.88 Å². The summed E-state index contributed by atoms with van der Waals surface area (Å²) in [6, 6.07) is 10.1. The van der Waals surface area contributed by atoms with Gasteiger partial charge in [-0.2, -0.15) is 0 Å². The summed E-state index contributed by atoms with van der Waals surface area (Å²) < 4.78 is 5.40. The SMILES string of the molecule is NC(=O)CSc1ccccc1NC(=O)COC(=O)c1ccc(Cl)s1. The Balaban J connectivity index is 1.90. The van der Waals surface area contributed by atoms with Crippen molar-refractivity contribution >= 4 is 58.2 Å². The molecule has 0 saturated heterocycles. The second kappa shape index (κ2) is 8.72. The van der Waals surface area contributed by atoms with E-state index in [-0.39, 0.29) is 5.75 Å². The van der Waals surface area contributed by atoms with Crippen LogP contribution in [0.4, 0.5) is 5.69 Å². The van der Waals surface area contributed by atoms with E-state index >= 15 is 0 Å². The number of hydrogen-bond donors (Lipinski definition) is 2. The lowest BCUT2D eigenvalue weighted by molar-refractivity contribution is -0.119. The molecule has 0 bridgehead atoms. The molecule has 24 heavy (non-hydrogen) atoms. The van der Waals surface area contributed by atoms with Gasteiger partial charge in [-0.15, -0.1) is 23.1 Å². The van der Waals surface area contributed by atoms with Crippen LogP contribution in [0.5, 0.6) is 0 Å². The van der Waals surface area contributed by atoms with Crippen LogP contribution in [0, 0.1) is 0 Å². The fraction of sp³-hybridized carbons (Fsp3) is 0.133. The van der Waals surface area contributed by atoms with E-state index in [1.807, 2.05) is 0 Å². The molecule has 2 amide bonds. The number of primary amides is 1. The van der Waals surface area contributed by atoms with Gasteiger partial charge in [0, 0.05) is 4.90 Å². The number of rotatable bonds is 7. The van der Waals surface area contributed by atoms with Crippen LogP contribution in [-0.2, 0) is 14.3 Å². The molecule has 126 valence electrons. The van der Waals surface area contributed by atoms with Crippen LogP contribution in [0.3, 0.4) is 0 Å². The molecule has 6 nitrogen and oxygen atoms in total. The van der Waals surface area contributed by atoms with E-state index in [1.165, 1.54) is 17.8 Å². The number of thiophene rings is 1. The van der Waals surface area contributed by atoms with Crippen molar-refractivity contribution in [1.82, 2.24) is 0 Å². The maximum Gasteiger partial charge on any atom is 0.348 e. The number of para-hydroxylation sites is 1. The minimum atomic E-state index is -0.613. The van der Waals surface area contributed by atoms with E-state index < -0.39 is 24.4 Å². The Hall–Kier alpha value is -2.03. The van der Waals surface area contributed by atoms with Crippen molar-refractivity contribution in [3.8, 4) is 0 Å². The van der Waals surface area contributed by atoms with Crippen LogP contribution in [0.15, 0.2) is 41.3 Å². The maximum atomic E-state index is 11.9. The zero-order valence-corrected chi connectivity index (χ0v) is 14.7. The lowest BCUT2D eigenvalue weighted by Gasteiger charge is -2.10. The van der Waals surface area contributed by atoms with Gasteiger partial charge in [0.25, 0.3) is 5.91 Å². The summed E-state index contributed by atoms with van der Waals surface area (Å²) >= 11 is 8.03.